The van der Waals surface area contributed by atoms with Crippen molar-refractivity contribution in [3.63, 3.8) is 0 Å². The van der Waals surface area contributed by atoms with Crippen molar-refractivity contribution in [1.82, 2.24) is 9.88 Å². The Kier molecular flexibility index (Phi) is 3.61. The Morgan fingerprint density at radius 1 is 1.48 bits per heavy atom. The summed E-state index contributed by atoms with van der Waals surface area (Å²) in [5.41, 5.74) is 0.745. The zero-order valence-electron chi connectivity index (χ0n) is 12.6. The van der Waals surface area contributed by atoms with Gasteiger partial charge in [-0.25, -0.2) is 9.78 Å². The second-order valence-electron chi connectivity index (χ2n) is 6.38. The van der Waals surface area contributed by atoms with Crippen LogP contribution in [0.2, 0.25) is 0 Å². The number of thiophene rings is 1. The molecule has 1 amide bonds. The van der Waals surface area contributed by atoms with Gasteiger partial charge in [0, 0.05) is 18.1 Å². The van der Waals surface area contributed by atoms with E-state index in [4.69, 9.17) is 4.74 Å². The van der Waals surface area contributed by atoms with Crippen LogP contribution in [0.1, 0.15) is 45.2 Å². The first-order chi connectivity index (χ1) is 9.96. The van der Waals surface area contributed by atoms with Gasteiger partial charge >= 0.3 is 6.09 Å². The van der Waals surface area contributed by atoms with E-state index in [-0.39, 0.29) is 12.1 Å². The third kappa shape index (κ3) is 2.88. The van der Waals surface area contributed by atoms with Gasteiger partial charge < -0.3 is 9.64 Å². The van der Waals surface area contributed by atoms with Crippen molar-refractivity contribution >= 4 is 27.6 Å². The smallest absolute Gasteiger partial charge is 0.410 e. The van der Waals surface area contributed by atoms with Crippen molar-refractivity contribution in [2.45, 2.75) is 45.3 Å². The van der Waals surface area contributed by atoms with Crippen LogP contribution in [0.3, 0.4) is 0 Å². The summed E-state index contributed by atoms with van der Waals surface area (Å²) >= 11 is 1.64. The minimum absolute atomic E-state index is 0.109. The number of likely N-dealkylation sites (tertiary alicyclic amines) is 1. The first kappa shape index (κ1) is 14.3. The number of carbonyl (C=O) groups excluding carboxylic acids is 1. The Morgan fingerprint density at radius 3 is 3.05 bits per heavy atom. The van der Waals surface area contributed by atoms with Gasteiger partial charge in [0.05, 0.1) is 6.04 Å². The van der Waals surface area contributed by atoms with Crippen LogP contribution in [-0.4, -0.2) is 28.1 Å². The second-order valence-corrected chi connectivity index (χ2v) is 7.24. The molecule has 0 radical (unpaired) electrons. The van der Waals surface area contributed by atoms with Crippen molar-refractivity contribution in [3.8, 4) is 0 Å². The number of hydrogen-bond donors (Lipinski definition) is 0. The molecule has 0 N–H and O–H groups in total. The molecule has 1 unspecified atom stereocenters. The standard InChI is InChI=1S/C16H20N2O2S/c1-16(2,3)20-15(19)18-9-5-7-13(18)12-10-21-14-11(12)6-4-8-17-14/h4,6,8,10,13H,5,7,9H2,1-3H3. The third-order valence-electron chi connectivity index (χ3n) is 3.62. The van der Waals surface area contributed by atoms with E-state index in [1.807, 2.05) is 37.9 Å². The Labute approximate surface area is 128 Å². The van der Waals surface area contributed by atoms with Gasteiger partial charge in [-0.3, -0.25) is 0 Å². The average Bonchev–Trinajstić information content (AvgIpc) is 3.02. The Bertz CT molecular complexity index is 660. The van der Waals surface area contributed by atoms with Crippen LogP contribution < -0.4 is 0 Å². The number of carbonyl (C=O) groups is 1. The first-order valence-corrected chi connectivity index (χ1v) is 8.15. The Morgan fingerprint density at radius 2 is 2.29 bits per heavy atom. The molecular formula is C16H20N2O2S. The summed E-state index contributed by atoms with van der Waals surface area (Å²) < 4.78 is 5.54. The van der Waals surface area contributed by atoms with E-state index in [1.165, 1.54) is 5.56 Å². The normalized spacial score (nSPS) is 19.2. The highest BCUT2D eigenvalue weighted by Crippen LogP contribution is 2.38. The molecule has 0 aromatic carbocycles. The highest BCUT2D eigenvalue weighted by molar-refractivity contribution is 7.16. The number of fused-ring (bicyclic) bond motifs is 1. The van der Waals surface area contributed by atoms with Crippen molar-refractivity contribution < 1.29 is 9.53 Å². The van der Waals surface area contributed by atoms with Crippen LogP contribution >= 0.6 is 11.3 Å². The number of hydrogen-bond acceptors (Lipinski definition) is 4. The highest BCUT2D eigenvalue weighted by atomic mass is 32.1. The van der Waals surface area contributed by atoms with Gasteiger partial charge in [0.1, 0.15) is 10.4 Å². The number of amides is 1. The minimum Gasteiger partial charge on any atom is -0.444 e. The van der Waals surface area contributed by atoms with Gasteiger partial charge in [-0.15, -0.1) is 11.3 Å². The topological polar surface area (TPSA) is 42.4 Å². The van der Waals surface area contributed by atoms with E-state index in [9.17, 15) is 4.79 Å². The molecule has 0 saturated carbocycles. The summed E-state index contributed by atoms with van der Waals surface area (Å²) in [6, 6.07) is 4.14. The van der Waals surface area contributed by atoms with Gasteiger partial charge in [-0.2, -0.15) is 0 Å². The molecular weight excluding hydrogens is 284 g/mol. The molecule has 4 nitrogen and oxygen atoms in total. The maximum atomic E-state index is 12.4. The molecule has 2 aromatic heterocycles. The molecule has 1 atom stereocenters. The van der Waals surface area contributed by atoms with E-state index in [0.717, 1.165) is 29.6 Å². The SMILES string of the molecule is CC(C)(C)OC(=O)N1CCCC1c1csc2ncccc12. The molecule has 0 spiro atoms. The highest BCUT2D eigenvalue weighted by Gasteiger charge is 2.34. The molecule has 1 aliphatic heterocycles. The molecule has 0 bridgehead atoms. The Hall–Kier alpha value is -1.62. The third-order valence-corrected chi connectivity index (χ3v) is 4.54. The second kappa shape index (κ2) is 5.30. The predicted molar refractivity (Wildman–Crippen MR) is 84.5 cm³/mol. The van der Waals surface area contributed by atoms with Crippen LogP contribution in [-0.2, 0) is 4.74 Å². The van der Waals surface area contributed by atoms with Crippen molar-refractivity contribution in [3.05, 3.63) is 29.3 Å². The van der Waals surface area contributed by atoms with Crippen LogP contribution in [0.4, 0.5) is 4.79 Å². The number of rotatable bonds is 1. The number of nitrogens with zero attached hydrogens (tertiary/aromatic N) is 2. The minimum atomic E-state index is -0.456. The van der Waals surface area contributed by atoms with E-state index < -0.39 is 5.60 Å². The summed E-state index contributed by atoms with van der Waals surface area (Å²) in [4.78, 5) is 19.7. The van der Waals surface area contributed by atoms with Gasteiger partial charge in [0.15, 0.2) is 0 Å². The van der Waals surface area contributed by atoms with Crippen LogP contribution in [0.5, 0.6) is 0 Å². The summed E-state index contributed by atoms with van der Waals surface area (Å²) in [7, 11) is 0. The predicted octanol–water partition coefficient (Wildman–Crippen LogP) is 4.37. The molecule has 3 rings (SSSR count). The summed E-state index contributed by atoms with van der Waals surface area (Å²) in [6.07, 6.45) is 3.60. The van der Waals surface area contributed by atoms with E-state index in [1.54, 1.807) is 11.3 Å². The Balaban J connectivity index is 1.89. The van der Waals surface area contributed by atoms with Gasteiger partial charge in [0.2, 0.25) is 0 Å². The molecule has 21 heavy (non-hydrogen) atoms. The summed E-state index contributed by atoms with van der Waals surface area (Å²) in [5.74, 6) is 0. The van der Waals surface area contributed by atoms with E-state index >= 15 is 0 Å². The molecule has 5 heteroatoms. The number of aromatic nitrogens is 1. The fourth-order valence-corrected chi connectivity index (χ4v) is 3.73. The monoisotopic (exact) mass is 304 g/mol. The lowest BCUT2D eigenvalue weighted by Crippen LogP contribution is -2.36. The van der Waals surface area contributed by atoms with Crippen molar-refractivity contribution in [2.75, 3.05) is 6.54 Å². The van der Waals surface area contributed by atoms with Crippen molar-refractivity contribution in [1.29, 1.82) is 0 Å². The number of pyridine rings is 1. The molecule has 112 valence electrons. The zero-order chi connectivity index (χ0) is 15.0. The lowest BCUT2D eigenvalue weighted by molar-refractivity contribution is 0.0225. The lowest BCUT2D eigenvalue weighted by atomic mass is 10.1. The maximum absolute atomic E-state index is 12.4. The van der Waals surface area contributed by atoms with Crippen LogP contribution in [0.15, 0.2) is 23.7 Å². The largest absolute Gasteiger partial charge is 0.444 e. The van der Waals surface area contributed by atoms with Crippen LogP contribution in [0.25, 0.3) is 10.2 Å². The molecule has 3 heterocycles. The number of ether oxygens (including phenoxy) is 1. The van der Waals surface area contributed by atoms with Crippen LogP contribution in [0, 0.1) is 0 Å². The summed E-state index contributed by atoms with van der Waals surface area (Å²) in [5, 5.41) is 3.29. The van der Waals surface area contributed by atoms with E-state index in [0.29, 0.717) is 0 Å². The first-order valence-electron chi connectivity index (χ1n) is 7.27. The summed E-state index contributed by atoms with van der Waals surface area (Å²) in [6.45, 7) is 6.47. The van der Waals surface area contributed by atoms with Crippen molar-refractivity contribution in [2.24, 2.45) is 0 Å². The average molecular weight is 304 g/mol. The van der Waals surface area contributed by atoms with E-state index in [2.05, 4.69) is 16.4 Å². The fourth-order valence-electron chi connectivity index (χ4n) is 2.77. The lowest BCUT2D eigenvalue weighted by Gasteiger charge is -2.28. The molecule has 1 fully saturated rings. The molecule has 1 aliphatic rings. The molecule has 1 saturated heterocycles. The quantitative estimate of drug-likeness (QED) is 0.785. The fraction of sp³-hybridized carbons (Fsp3) is 0.500. The molecule has 0 aliphatic carbocycles. The van der Waals surface area contributed by atoms with Gasteiger partial charge in [-0.05, 0) is 50.6 Å². The zero-order valence-corrected chi connectivity index (χ0v) is 13.4. The van der Waals surface area contributed by atoms with Gasteiger partial charge in [0.25, 0.3) is 0 Å². The maximum Gasteiger partial charge on any atom is 0.410 e. The molecule has 2 aromatic rings. The van der Waals surface area contributed by atoms with Gasteiger partial charge in [-0.1, -0.05) is 6.07 Å².